The first-order valence-corrected chi connectivity index (χ1v) is 9.52. The highest BCUT2D eigenvalue weighted by Gasteiger charge is 2.15. The van der Waals surface area contributed by atoms with Gasteiger partial charge in [0.2, 0.25) is 0 Å². The van der Waals surface area contributed by atoms with Crippen LogP contribution in [0.25, 0.3) is 0 Å². The minimum Gasteiger partial charge on any atom is -0.388 e. The van der Waals surface area contributed by atoms with E-state index in [0.29, 0.717) is 12.4 Å². The Morgan fingerprint density at radius 2 is 1.57 bits per heavy atom. The highest BCUT2D eigenvalue weighted by atomic mass is 35.5. The predicted octanol–water partition coefficient (Wildman–Crippen LogP) is 4.01. The molecule has 1 amide bonds. The molecule has 0 unspecified atom stereocenters. The lowest BCUT2D eigenvalue weighted by atomic mass is 9.98. The first-order valence-electron chi connectivity index (χ1n) is 8.98. The van der Waals surface area contributed by atoms with Gasteiger partial charge in [-0.1, -0.05) is 57.8 Å². The van der Waals surface area contributed by atoms with Gasteiger partial charge in [-0.05, 0) is 12.8 Å². The minimum absolute atomic E-state index is 0.126. The average molecular weight is 340 g/mol. The van der Waals surface area contributed by atoms with E-state index >= 15 is 0 Å². The molecule has 2 N–H and O–H groups in total. The van der Waals surface area contributed by atoms with E-state index in [1.807, 2.05) is 6.07 Å². The summed E-state index contributed by atoms with van der Waals surface area (Å²) in [4.78, 5) is 12.2. The zero-order chi connectivity index (χ0) is 16.8. The van der Waals surface area contributed by atoms with E-state index in [-0.39, 0.29) is 17.5 Å². The van der Waals surface area contributed by atoms with Crippen LogP contribution in [0.5, 0.6) is 0 Å². The molecule has 0 radical (unpaired) electrons. The van der Waals surface area contributed by atoms with Crippen molar-refractivity contribution in [1.29, 1.82) is 5.26 Å². The van der Waals surface area contributed by atoms with Crippen molar-refractivity contribution >= 4 is 17.5 Å². The molecule has 1 saturated carbocycles. The number of nitrogens with zero attached hydrogens (tertiary/aromatic N) is 1. The van der Waals surface area contributed by atoms with Crippen molar-refractivity contribution in [2.75, 3.05) is 12.4 Å². The summed E-state index contributed by atoms with van der Waals surface area (Å²) in [5.41, 5.74) is 0.126. The van der Waals surface area contributed by atoms with Crippen molar-refractivity contribution < 1.29 is 4.79 Å². The van der Waals surface area contributed by atoms with E-state index in [0.717, 1.165) is 25.7 Å². The number of hydrogen-bond acceptors (Lipinski definition) is 3. The normalized spacial score (nSPS) is 19.0. The topological polar surface area (TPSA) is 64.9 Å². The molecule has 1 fully saturated rings. The second kappa shape index (κ2) is 13.2. The number of hydrogen-bond donors (Lipinski definition) is 2. The van der Waals surface area contributed by atoms with E-state index in [2.05, 4.69) is 10.6 Å². The predicted molar refractivity (Wildman–Crippen MR) is 95.1 cm³/mol. The van der Waals surface area contributed by atoms with Crippen LogP contribution in [-0.2, 0) is 4.79 Å². The molecule has 1 rings (SSSR count). The molecule has 0 aromatic heterocycles. The Bertz CT molecular complexity index is 392. The van der Waals surface area contributed by atoms with Crippen LogP contribution in [-0.4, -0.2) is 24.4 Å². The summed E-state index contributed by atoms with van der Waals surface area (Å²) < 4.78 is 0. The summed E-state index contributed by atoms with van der Waals surface area (Å²) in [6, 6.07) is 2.15. The Morgan fingerprint density at radius 1 is 1.04 bits per heavy atom. The Morgan fingerprint density at radius 3 is 2.04 bits per heavy atom. The summed E-state index contributed by atoms with van der Waals surface area (Å²) >= 11 is 5.58. The van der Waals surface area contributed by atoms with Crippen LogP contribution in [0.15, 0.2) is 11.8 Å². The molecule has 0 heterocycles. The van der Waals surface area contributed by atoms with Gasteiger partial charge in [0.05, 0.1) is 0 Å². The lowest BCUT2D eigenvalue weighted by Gasteiger charge is -2.19. The van der Waals surface area contributed by atoms with Crippen LogP contribution in [0.2, 0.25) is 0 Å². The van der Waals surface area contributed by atoms with E-state index in [9.17, 15) is 4.79 Å². The number of carbonyl (C=O) groups is 1. The van der Waals surface area contributed by atoms with Gasteiger partial charge in [-0.3, -0.25) is 4.79 Å². The van der Waals surface area contributed by atoms with Crippen molar-refractivity contribution in [3.63, 3.8) is 0 Å². The molecule has 0 aromatic rings. The smallest absolute Gasteiger partial charge is 0.263 e. The fourth-order valence-electron chi connectivity index (χ4n) is 2.95. The van der Waals surface area contributed by atoms with Crippen LogP contribution in [0.1, 0.15) is 70.6 Å². The Hall–Kier alpha value is -1.21. The molecule has 0 saturated heterocycles. The first-order chi connectivity index (χ1) is 11.3. The fraction of sp³-hybridized carbons (Fsp3) is 0.778. The van der Waals surface area contributed by atoms with Gasteiger partial charge in [0.15, 0.2) is 0 Å². The molecule has 130 valence electrons. The molecule has 0 aliphatic heterocycles. The zero-order valence-corrected chi connectivity index (χ0v) is 14.8. The van der Waals surface area contributed by atoms with Crippen LogP contribution < -0.4 is 10.6 Å². The van der Waals surface area contributed by atoms with E-state index in [1.165, 1.54) is 51.1 Å². The van der Waals surface area contributed by atoms with Gasteiger partial charge in [0.1, 0.15) is 11.6 Å². The summed E-state index contributed by atoms with van der Waals surface area (Å²) in [7, 11) is 0. The second-order valence-corrected chi connectivity index (χ2v) is 6.62. The fourth-order valence-corrected chi connectivity index (χ4v) is 3.06. The van der Waals surface area contributed by atoms with Gasteiger partial charge in [-0.25, -0.2) is 0 Å². The molecule has 0 atom stereocenters. The average Bonchev–Trinajstić information content (AvgIpc) is 2.54. The lowest BCUT2D eigenvalue weighted by Crippen LogP contribution is -2.36. The van der Waals surface area contributed by atoms with Crippen LogP contribution >= 0.6 is 11.6 Å². The maximum Gasteiger partial charge on any atom is 0.263 e. The van der Waals surface area contributed by atoms with Crippen molar-refractivity contribution in [2.45, 2.75) is 76.7 Å². The van der Waals surface area contributed by atoms with E-state index in [1.54, 1.807) is 0 Å². The molecular weight excluding hydrogens is 310 g/mol. The minimum atomic E-state index is -0.272. The maximum atomic E-state index is 12.2. The lowest BCUT2D eigenvalue weighted by molar-refractivity contribution is -0.117. The van der Waals surface area contributed by atoms with Crippen molar-refractivity contribution in [1.82, 2.24) is 10.6 Å². The van der Waals surface area contributed by atoms with E-state index in [4.69, 9.17) is 16.9 Å². The zero-order valence-electron chi connectivity index (χ0n) is 14.1. The third-order valence-electron chi connectivity index (χ3n) is 4.29. The number of carbonyl (C=O) groups excluding carboxylic acids is 1. The number of halogens is 1. The van der Waals surface area contributed by atoms with Gasteiger partial charge in [-0.15, -0.1) is 11.6 Å². The SMILES string of the molecule is N#C/C(=C/NCCCl)C(=O)NC1CCCCCCCCCCC1. The number of nitrogens with one attached hydrogen (secondary N) is 2. The number of amides is 1. The second-order valence-electron chi connectivity index (χ2n) is 6.24. The largest absolute Gasteiger partial charge is 0.388 e. The van der Waals surface area contributed by atoms with Crippen molar-refractivity contribution in [3.05, 3.63) is 11.8 Å². The Labute approximate surface area is 145 Å². The van der Waals surface area contributed by atoms with Crippen LogP contribution in [0, 0.1) is 11.3 Å². The summed E-state index contributed by atoms with van der Waals surface area (Å²) in [5.74, 6) is 0.172. The molecule has 0 aromatic carbocycles. The molecule has 23 heavy (non-hydrogen) atoms. The third-order valence-corrected chi connectivity index (χ3v) is 4.48. The highest BCUT2D eigenvalue weighted by Crippen LogP contribution is 2.17. The quantitative estimate of drug-likeness (QED) is 0.344. The summed E-state index contributed by atoms with van der Waals surface area (Å²) in [5, 5.41) is 15.1. The number of nitriles is 1. The van der Waals surface area contributed by atoms with Gasteiger partial charge in [0.25, 0.3) is 5.91 Å². The molecular formula is C18H30ClN3O. The maximum absolute atomic E-state index is 12.2. The summed E-state index contributed by atoms with van der Waals surface area (Å²) in [6.07, 6.45) is 14.9. The molecule has 1 aliphatic rings. The van der Waals surface area contributed by atoms with Crippen molar-refractivity contribution in [2.24, 2.45) is 0 Å². The molecule has 5 heteroatoms. The van der Waals surface area contributed by atoms with Crippen molar-refractivity contribution in [3.8, 4) is 6.07 Å². The Balaban J connectivity index is 2.49. The van der Waals surface area contributed by atoms with Gasteiger partial charge >= 0.3 is 0 Å². The third kappa shape index (κ3) is 9.50. The Kier molecular flexibility index (Phi) is 11.4. The standard InChI is InChI=1S/C18H30ClN3O/c19-12-13-21-15-16(14-20)18(23)22-17-10-8-6-4-2-1-3-5-7-9-11-17/h15,17,21H,1-13H2,(H,22,23)/b16-15-. The van der Waals surface area contributed by atoms with Gasteiger partial charge in [-0.2, -0.15) is 5.26 Å². The monoisotopic (exact) mass is 339 g/mol. The molecule has 0 bridgehead atoms. The van der Waals surface area contributed by atoms with Gasteiger partial charge < -0.3 is 10.6 Å². The highest BCUT2D eigenvalue weighted by molar-refractivity contribution is 6.18. The molecule has 0 spiro atoms. The van der Waals surface area contributed by atoms with Gasteiger partial charge in [0, 0.05) is 24.7 Å². The van der Waals surface area contributed by atoms with Crippen LogP contribution in [0.4, 0.5) is 0 Å². The first kappa shape index (κ1) is 19.8. The number of alkyl halides is 1. The summed E-state index contributed by atoms with van der Waals surface area (Å²) in [6.45, 7) is 0.545. The van der Waals surface area contributed by atoms with Crippen LogP contribution in [0.3, 0.4) is 0 Å². The molecule has 1 aliphatic carbocycles. The van der Waals surface area contributed by atoms with E-state index < -0.39 is 0 Å². The molecule has 4 nitrogen and oxygen atoms in total. The number of rotatable bonds is 5.